The summed E-state index contributed by atoms with van der Waals surface area (Å²) in [5.41, 5.74) is 0. The van der Waals surface area contributed by atoms with E-state index in [1.54, 1.807) is 11.8 Å². The van der Waals surface area contributed by atoms with Crippen molar-refractivity contribution < 1.29 is 107 Å². The first kappa shape index (κ1) is 59.3. The molecule has 0 spiro atoms. The molecule has 3 heterocycles. The average molecular weight is 1060 g/mol. The first-order valence-corrected chi connectivity index (χ1v) is 26.9. The zero-order valence-electron chi connectivity index (χ0n) is 40.3. The molecule has 5 rings (SSSR count). The van der Waals surface area contributed by atoms with Crippen molar-refractivity contribution in [1.29, 1.82) is 0 Å². The van der Waals surface area contributed by atoms with Crippen LogP contribution < -0.4 is 10.6 Å². The topological polar surface area (TPSA) is 379 Å². The molecule has 0 radical (unpaired) electrons. The fourth-order valence-electron chi connectivity index (χ4n) is 10.0. The van der Waals surface area contributed by atoms with E-state index in [-0.39, 0.29) is 49.8 Å². The van der Waals surface area contributed by atoms with Gasteiger partial charge in [-0.25, -0.2) is 8.37 Å². The molecule has 3 saturated heterocycles. The van der Waals surface area contributed by atoms with Crippen molar-refractivity contribution in [2.45, 2.75) is 190 Å². The van der Waals surface area contributed by atoms with Crippen molar-refractivity contribution in [3.8, 4) is 0 Å². The lowest BCUT2D eigenvalue weighted by atomic mass is 9.74. The highest BCUT2D eigenvalue weighted by molar-refractivity contribution is 7.81. The minimum absolute atomic E-state index is 0.0835. The van der Waals surface area contributed by atoms with E-state index in [2.05, 4.69) is 19.0 Å². The quantitative estimate of drug-likeness (QED) is 0.0354. The van der Waals surface area contributed by atoms with E-state index in [1.807, 2.05) is 0 Å². The van der Waals surface area contributed by atoms with E-state index in [1.165, 1.54) is 13.8 Å². The molecule has 71 heavy (non-hydrogen) atoms. The van der Waals surface area contributed by atoms with Crippen LogP contribution in [0.3, 0.4) is 0 Å². The average Bonchev–Trinajstić information content (AvgIpc) is 3.28. The second-order valence-electron chi connectivity index (χ2n) is 19.1. The number of aliphatic hydroxyl groups excluding tert-OH is 5. The molecule has 5 fully saturated rings. The SMILES string of the molecule is CC[C@@H]1CC(C(=O)CCCNC(=O)[C@H](OS(=O)(=O)O)[C@@H](COC)OS(=O)(=O)O)C[C@@H](O[C@@H]2O[C@@H](CO)[C@H](O)C(O[C@@H](CC3CCCCC3)C(=O)N3CCC3)C2NC(C)=O)C1O[C@@H]1OC(C)[C@@H](O)[C@H](O)C1O. The Morgan fingerprint density at radius 3 is 2.08 bits per heavy atom. The molecule has 2 aliphatic carbocycles. The van der Waals surface area contributed by atoms with Gasteiger partial charge in [-0.15, -0.1) is 0 Å². The first-order valence-electron chi connectivity index (χ1n) is 24.2. The molecule has 3 amide bonds. The number of aliphatic hydroxyl groups is 5. The molecule has 17 atom stereocenters. The number of ketones is 1. The molecular formula is C43H73N3O23S2. The van der Waals surface area contributed by atoms with Gasteiger partial charge in [0, 0.05) is 46.0 Å². The molecule has 0 aromatic rings. The molecule has 9 N–H and O–H groups in total. The van der Waals surface area contributed by atoms with E-state index in [0.29, 0.717) is 25.9 Å². The predicted octanol–water partition coefficient (Wildman–Crippen LogP) is -1.95. The molecular weight excluding hydrogens is 991 g/mol. The van der Waals surface area contributed by atoms with Crippen LogP contribution in [0.15, 0.2) is 0 Å². The van der Waals surface area contributed by atoms with Crippen LogP contribution >= 0.6 is 0 Å². The maximum absolute atomic E-state index is 14.1. The van der Waals surface area contributed by atoms with Gasteiger partial charge in [0.2, 0.25) is 5.91 Å². The number of hydrogen-bond acceptors (Lipinski definition) is 21. The van der Waals surface area contributed by atoms with Crippen LogP contribution in [0.25, 0.3) is 0 Å². The largest absolute Gasteiger partial charge is 0.398 e. The lowest BCUT2D eigenvalue weighted by Gasteiger charge is -2.49. The van der Waals surface area contributed by atoms with E-state index >= 15 is 0 Å². The Kier molecular flexibility index (Phi) is 22.3. The molecule has 28 heteroatoms. The van der Waals surface area contributed by atoms with E-state index in [0.717, 1.165) is 45.6 Å². The third kappa shape index (κ3) is 16.7. The van der Waals surface area contributed by atoms with Gasteiger partial charge in [0.15, 0.2) is 18.7 Å². The summed E-state index contributed by atoms with van der Waals surface area (Å²) < 4.78 is 110. The number of carbonyl (C=O) groups is 4. The Bertz CT molecular complexity index is 1980. The Morgan fingerprint density at radius 1 is 0.831 bits per heavy atom. The highest BCUT2D eigenvalue weighted by Gasteiger charge is 2.53. The highest BCUT2D eigenvalue weighted by atomic mass is 32.3. The van der Waals surface area contributed by atoms with Crippen LogP contribution in [-0.2, 0) is 76.8 Å². The number of methoxy groups -OCH3 is 1. The summed E-state index contributed by atoms with van der Waals surface area (Å²) in [7, 11) is -9.66. The molecule has 3 aliphatic heterocycles. The van der Waals surface area contributed by atoms with Crippen molar-refractivity contribution in [1.82, 2.24) is 15.5 Å². The molecule has 2 saturated carbocycles. The number of nitrogens with one attached hydrogen (secondary N) is 2. The summed E-state index contributed by atoms with van der Waals surface area (Å²) in [6, 6.07) is -1.32. The van der Waals surface area contributed by atoms with Crippen molar-refractivity contribution in [3.63, 3.8) is 0 Å². The fourth-order valence-corrected chi connectivity index (χ4v) is 11.0. The molecule has 0 aromatic heterocycles. The van der Waals surface area contributed by atoms with Crippen LogP contribution in [0.4, 0.5) is 0 Å². The van der Waals surface area contributed by atoms with Crippen molar-refractivity contribution in [2.75, 3.05) is 40.0 Å². The monoisotopic (exact) mass is 1060 g/mol. The summed E-state index contributed by atoms with van der Waals surface area (Å²) in [6.07, 6.45) is -14.9. The van der Waals surface area contributed by atoms with Crippen LogP contribution in [-0.4, -0.2) is 212 Å². The number of amides is 3. The van der Waals surface area contributed by atoms with Gasteiger partial charge in [-0.3, -0.25) is 28.3 Å². The van der Waals surface area contributed by atoms with Gasteiger partial charge in [-0.2, -0.15) is 16.8 Å². The lowest BCUT2D eigenvalue weighted by molar-refractivity contribution is -0.338. The van der Waals surface area contributed by atoms with E-state index in [4.69, 9.17) is 28.4 Å². The lowest BCUT2D eigenvalue weighted by Crippen LogP contribution is -2.67. The van der Waals surface area contributed by atoms with Crippen LogP contribution in [0.5, 0.6) is 0 Å². The number of carbonyl (C=O) groups excluding carboxylic acids is 4. The second kappa shape index (κ2) is 26.7. The minimum Gasteiger partial charge on any atom is -0.394 e. The number of likely N-dealkylation sites (tertiary alicyclic amines) is 1. The van der Waals surface area contributed by atoms with Crippen LogP contribution in [0.2, 0.25) is 0 Å². The van der Waals surface area contributed by atoms with Gasteiger partial charge in [0.1, 0.15) is 60.7 Å². The number of ether oxygens (including phenoxy) is 6. The van der Waals surface area contributed by atoms with Crippen molar-refractivity contribution in [2.24, 2.45) is 17.8 Å². The summed E-state index contributed by atoms with van der Waals surface area (Å²) in [4.78, 5) is 55.8. The van der Waals surface area contributed by atoms with Crippen LogP contribution in [0.1, 0.15) is 97.8 Å². The Morgan fingerprint density at radius 2 is 1.51 bits per heavy atom. The smallest absolute Gasteiger partial charge is 0.394 e. The van der Waals surface area contributed by atoms with Gasteiger partial charge < -0.3 is 69.5 Å². The zero-order valence-corrected chi connectivity index (χ0v) is 42.0. The standard InChI is InChI=1S/C43H73N3O23S2/c1-5-25-18-26(27(49)13-9-14-44-40(54)38(69-71(59,60)61)31(21-62-4)68-70(56,57)58)19-28(37(25)67-43-36(53)35(52)33(50)22(2)63-43)65-42-32(45-23(3)48)39(34(51)30(20-47)66-42)64-29(41(55)46-15-10-16-46)17-24-11-7-6-8-12-24/h22,24-26,28-39,42-43,47,50-53H,5-21H2,1-4H3,(H,44,54)(H,45,48)(H,56,57,58)(H,59,60,61)/t22?,25-,26?,28-,29+,30+,31-,32?,33-,34+,35+,36?,37?,38-,39?,42-,43+/m1/s1. The molecule has 0 aromatic carbocycles. The highest BCUT2D eigenvalue weighted by Crippen LogP contribution is 2.41. The van der Waals surface area contributed by atoms with E-state index < -0.39 is 150 Å². The van der Waals surface area contributed by atoms with Gasteiger partial charge in [-0.05, 0) is 50.9 Å². The molecule has 410 valence electrons. The Labute approximate surface area is 413 Å². The van der Waals surface area contributed by atoms with Crippen LogP contribution in [0, 0.1) is 17.8 Å². The summed E-state index contributed by atoms with van der Waals surface area (Å²) in [5, 5.41) is 59.5. The predicted molar refractivity (Wildman–Crippen MR) is 241 cm³/mol. The minimum atomic E-state index is -5.40. The molecule has 26 nitrogen and oxygen atoms in total. The maximum atomic E-state index is 14.1. The number of rotatable bonds is 25. The van der Waals surface area contributed by atoms with Gasteiger partial charge in [-0.1, -0.05) is 45.4 Å². The van der Waals surface area contributed by atoms with E-state index in [9.17, 15) is 70.7 Å². The second-order valence-corrected chi connectivity index (χ2v) is 21.2. The Hall–Kier alpha value is -2.62. The molecule has 5 aliphatic rings. The third-order valence-electron chi connectivity index (χ3n) is 13.9. The normalized spacial score (nSPS) is 34.4. The number of hydrogen-bond donors (Lipinski definition) is 9. The zero-order chi connectivity index (χ0) is 52.4. The third-order valence-corrected chi connectivity index (χ3v) is 14.8. The first-order chi connectivity index (χ1) is 33.4. The van der Waals surface area contributed by atoms with Crippen molar-refractivity contribution >= 4 is 44.3 Å². The summed E-state index contributed by atoms with van der Waals surface area (Å²) >= 11 is 0. The molecule has 0 bridgehead atoms. The van der Waals surface area contributed by atoms with Gasteiger partial charge in [0.05, 0.1) is 31.5 Å². The summed E-state index contributed by atoms with van der Waals surface area (Å²) in [6.45, 7) is 3.66. The van der Waals surface area contributed by atoms with Crippen molar-refractivity contribution in [3.05, 3.63) is 0 Å². The summed E-state index contributed by atoms with van der Waals surface area (Å²) in [5.74, 6) is -3.75. The maximum Gasteiger partial charge on any atom is 0.398 e. The Balaban J connectivity index is 1.40. The number of Topliss-reactive ketones (excluding diaryl/α,β-unsaturated/α-hetero) is 1. The van der Waals surface area contributed by atoms with Gasteiger partial charge >= 0.3 is 20.8 Å². The van der Waals surface area contributed by atoms with Gasteiger partial charge in [0.25, 0.3) is 11.8 Å². The molecule has 6 unspecified atom stereocenters. The fraction of sp³-hybridized carbons (Fsp3) is 0.907. The number of nitrogens with zero attached hydrogens (tertiary/aromatic N) is 1.